The Morgan fingerprint density at radius 2 is 1.48 bits per heavy atom. The Bertz CT molecular complexity index is 364. The molecule has 0 N–H and O–H groups in total. The van der Waals surface area contributed by atoms with Gasteiger partial charge in [-0.15, -0.1) is 0 Å². The molecule has 0 saturated heterocycles. The molecule has 0 aliphatic heterocycles. The second kappa shape index (κ2) is 10.5. The maximum Gasteiger partial charge on any atom is 0.508 e. The van der Waals surface area contributed by atoms with Crippen LogP contribution < -0.4 is 0 Å². The molecule has 0 amide bonds. The van der Waals surface area contributed by atoms with Gasteiger partial charge in [0.15, 0.2) is 0 Å². The summed E-state index contributed by atoms with van der Waals surface area (Å²) in [6, 6.07) is 0. The molecule has 136 valence electrons. The average molecular weight is 330 g/mol. The maximum absolute atomic E-state index is 12.7. The van der Waals surface area contributed by atoms with Gasteiger partial charge in [-0.2, -0.15) is 0 Å². The van der Waals surface area contributed by atoms with Gasteiger partial charge in [0.1, 0.15) is 11.5 Å². The van der Waals surface area contributed by atoms with Crippen LogP contribution in [0.4, 0.5) is 4.79 Å². The molecule has 0 aromatic heterocycles. The molecular weight excluding hydrogens is 296 g/mol. The normalized spacial score (nSPS) is 15.2. The monoisotopic (exact) mass is 330 g/mol. The van der Waals surface area contributed by atoms with Gasteiger partial charge >= 0.3 is 12.1 Å². The summed E-state index contributed by atoms with van der Waals surface area (Å²) in [7, 11) is 0. The minimum atomic E-state index is -0.832. The molecule has 2 atom stereocenters. The molecule has 0 aliphatic carbocycles. The Labute approximate surface area is 141 Å². The van der Waals surface area contributed by atoms with Gasteiger partial charge in [-0.3, -0.25) is 4.79 Å². The molecule has 0 aromatic rings. The van der Waals surface area contributed by atoms with Crippen LogP contribution in [0.25, 0.3) is 0 Å². The second-order valence-electron chi connectivity index (χ2n) is 6.75. The highest BCUT2D eigenvalue weighted by molar-refractivity contribution is 5.78. The molecule has 0 radical (unpaired) electrons. The van der Waals surface area contributed by atoms with Crippen molar-refractivity contribution >= 4 is 12.1 Å². The summed E-state index contributed by atoms with van der Waals surface area (Å²) in [6.45, 7) is 14.2. The number of carbonyl (C=O) groups excluding carboxylic acids is 2. The number of carbonyl (C=O) groups is 2. The van der Waals surface area contributed by atoms with Crippen LogP contribution >= 0.6 is 0 Å². The molecule has 0 fully saturated rings. The van der Waals surface area contributed by atoms with Crippen molar-refractivity contribution in [2.45, 2.75) is 73.8 Å². The van der Waals surface area contributed by atoms with Crippen molar-refractivity contribution in [3.63, 3.8) is 0 Å². The zero-order valence-corrected chi connectivity index (χ0v) is 15.8. The first-order valence-electron chi connectivity index (χ1n) is 8.73. The van der Waals surface area contributed by atoms with E-state index in [1.165, 1.54) is 0 Å². The van der Waals surface area contributed by atoms with Crippen molar-refractivity contribution in [1.82, 2.24) is 0 Å². The molecule has 5 heteroatoms. The third-order valence-electron chi connectivity index (χ3n) is 3.89. The van der Waals surface area contributed by atoms with E-state index < -0.39 is 17.7 Å². The lowest BCUT2D eigenvalue weighted by Gasteiger charge is -2.39. The SMILES string of the molecule is CCOC(=O)OC(CC(C)C)C(CC)(CC(C)C)C(=O)OCC. The quantitative estimate of drug-likeness (QED) is 0.549. The fourth-order valence-corrected chi connectivity index (χ4v) is 2.95. The topological polar surface area (TPSA) is 61.8 Å². The van der Waals surface area contributed by atoms with Crippen LogP contribution in [0.2, 0.25) is 0 Å². The van der Waals surface area contributed by atoms with E-state index in [4.69, 9.17) is 14.2 Å². The summed E-state index contributed by atoms with van der Waals surface area (Å²) in [4.78, 5) is 24.6. The Morgan fingerprint density at radius 1 is 0.913 bits per heavy atom. The number of ether oxygens (including phenoxy) is 3. The van der Waals surface area contributed by atoms with Gasteiger partial charge in [-0.25, -0.2) is 4.79 Å². The highest BCUT2D eigenvalue weighted by Gasteiger charge is 2.48. The maximum atomic E-state index is 12.7. The molecule has 0 spiro atoms. The minimum absolute atomic E-state index is 0.246. The van der Waals surface area contributed by atoms with Crippen molar-refractivity contribution < 1.29 is 23.8 Å². The predicted molar refractivity (Wildman–Crippen MR) is 90.2 cm³/mol. The number of rotatable bonds is 10. The molecule has 0 heterocycles. The first-order chi connectivity index (χ1) is 10.7. The summed E-state index contributed by atoms with van der Waals surface area (Å²) in [6.07, 6.45) is 0.495. The van der Waals surface area contributed by atoms with Gasteiger partial charge in [0.05, 0.1) is 13.2 Å². The van der Waals surface area contributed by atoms with Crippen molar-refractivity contribution in [2.24, 2.45) is 17.3 Å². The lowest BCUT2D eigenvalue weighted by molar-refractivity contribution is -0.167. The van der Waals surface area contributed by atoms with Crippen LogP contribution in [0, 0.1) is 17.3 Å². The third-order valence-corrected chi connectivity index (χ3v) is 3.89. The first-order valence-corrected chi connectivity index (χ1v) is 8.73. The summed E-state index contributed by atoms with van der Waals surface area (Å²) < 4.78 is 15.8. The molecule has 23 heavy (non-hydrogen) atoms. The van der Waals surface area contributed by atoms with Crippen molar-refractivity contribution in [3.8, 4) is 0 Å². The highest BCUT2D eigenvalue weighted by Crippen LogP contribution is 2.40. The lowest BCUT2D eigenvalue weighted by Crippen LogP contribution is -2.47. The smallest absolute Gasteiger partial charge is 0.465 e. The van der Waals surface area contributed by atoms with E-state index in [9.17, 15) is 9.59 Å². The van der Waals surface area contributed by atoms with E-state index >= 15 is 0 Å². The van der Waals surface area contributed by atoms with Crippen molar-refractivity contribution in [1.29, 1.82) is 0 Å². The molecule has 0 rings (SSSR count). The number of hydrogen-bond acceptors (Lipinski definition) is 5. The zero-order valence-electron chi connectivity index (χ0n) is 15.8. The largest absolute Gasteiger partial charge is 0.508 e. The highest BCUT2D eigenvalue weighted by atomic mass is 16.7. The average Bonchev–Trinajstić information content (AvgIpc) is 2.43. The molecule has 5 nitrogen and oxygen atoms in total. The van der Waals surface area contributed by atoms with Crippen LogP contribution in [-0.4, -0.2) is 31.4 Å². The first kappa shape index (κ1) is 21.7. The Morgan fingerprint density at radius 3 is 1.87 bits per heavy atom. The van der Waals surface area contributed by atoms with E-state index in [0.29, 0.717) is 25.9 Å². The standard InChI is InChI=1S/C18H34O5/c1-8-18(12-14(6)7,16(19)21-9-2)15(11-13(4)5)23-17(20)22-10-3/h13-15H,8-12H2,1-7H3. The van der Waals surface area contributed by atoms with Crippen molar-refractivity contribution in [3.05, 3.63) is 0 Å². The van der Waals surface area contributed by atoms with Crippen LogP contribution in [0.3, 0.4) is 0 Å². The van der Waals surface area contributed by atoms with Crippen LogP contribution in [-0.2, 0) is 19.0 Å². The summed E-state index contributed by atoms with van der Waals surface area (Å²) in [5.41, 5.74) is -0.832. The van der Waals surface area contributed by atoms with E-state index in [2.05, 4.69) is 13.8 Å². The Kier molecular flexibility index (Phi) is 9.93. The van der Waals surface area contributed by atoms with Crippen LogP contribution in [0.15, 0.2) is 0 Å². The van der Waals surface area contributed by atoms with E-state index in [0.717, 1.165) is 0 Å². The Balaban J connectivity index is 5.65. The minimum Gasteiger partial charge on any atom is -0.465 e. The number of esters is 1. The third kappa shape index (κ3) is 6.80. The van der Waals surface area contributed by atoms with E-state index in [1.807, 2.05) is 20.8 Å². The van der Waals surface area contributed by atoms with E-state index in [-0.39, 0.29) is 24.4 Å². The molecule has 0 aromatic carbocycles. The van der Waals surface area contributed by atoms with Gasteiger partial charge in [0.25, 0.3) is 0 Å². The molecule has 0 aliphatic rings. The molecule has 0 bridgehead atoms. The van der Waals surface area contributed by atoms with Gasteiger partial charge in [-0.1, -0.05) is 34.6 Å². The molecule has 2 unspecified atom stereocenters. The van der Waals surface area contributed by atoms with Gasteiger partial charge < -0.3 is 14.2 Å². The summed E-state index contributed by atoms with van der Waals surface area (Å²) in [5.74, 6) is 0.271. The number of hydrogen-bond donors (Lipinski definition) is 0. The van der Waals surface area contributed by atoms with Crippen molar-refractivity contribution in [2.75, 3.05) is 13.2 Å². The lowest BCUT2D eigenvalue weighted by atomic mass is 9.71. The second-order valence-corrected chi connectivity index (χ2v) is 6.75. The zero-order chi connectivity index (χ0) is 18.0. The van der Waals surface area contributed by atoms with Gasteiger partial charge in [0, 0.05) is 0 Å². The van der Waals surface area contributed by atoms with E-state index in [1.54, 1.807) is 13.8 Å². The summed E-state index contributed by atoms with van der Waals surface area (Å²) >= 11 is 0. The van der Waals surface area contributed by atoms with Gasteiger partial charge in [0.2, 0.25) is 0 Å². The van der Waals surface area contributed by atoms with Crippen LogP contribution in [0.5, 0.6) is 0 Å². The molecular formula is C18H34O5. The fourth-order valence-electron chi connectivity index (χ4n) is 2.95. The predicted octanol–water partition coefficient (Wildman–Crippen LogP) is 4.58. The summed E-state index contributed by atoms with van der Waals surface area (Å²) in [5, 5.41) is 0. The Hall–Kier alpha value is -1.26. The molecule has 0 saturated carbocycles. The van der Waals surface area contributed by atoms with Gasteiger partial charge in [-0.05, 0) is 44.9 Å². The van der Waals surface area contributed by atoms with Crippen LogP contribution in [0.1, 0.15) is 67.7 Å². The fraction of sp³-hybridized carbons (Fsp3) is 0.889.